The van der Waals surface area contributed by atoms with Crippen molar-refractivity contribution in [1.29, 1.82) is 0 Å². The van der Waals surface area contributed by atoms with Crippen LogP contribution in [-0.4, -0.2) is 26.7 Å². The number of anilines is 1. The van der Waals surface area contributed by atoms with E-state index in [2.05, 4.69) is 74.6 Å². The molecule has 0 saturated heterocycles. The Kier molecular flexibility index (Phi) is 5.06. The van der Waals surface area contributed by atoms with Gasteiger partial charge in [-0.15, -0.1) is 0 Å². The smallest absolute Gasteiger partial charge is 0.0361 e. The Balaban J connectivity index is 2.61. The van der Waals surface area contributed by atoms with Crippen LogP contribution in [0.3, 0.4) is 0 Å². The average Bonchev–Trinajstić information content (AvgIpc) is 2.27. The zero-order valence-electron chi connectivity index (χ0n) is 10.7. The normalized spacial score (nSPS) is 13.0. The first kappa shape index (κ1) is 12.8. The van der Waals surface area contributed by atoms with E-state index in [1.165, 1.54) is 11.3 Å². The van der Waals surface area contributed by atoms with Crippen LogP contribution < -0.4 is 10.2 Å². The summed E-state index contributed by atoms with van der Waals surface area (Å²) in [5, 5.41) is 3.35. The number of benzene rings is 1. The third kappa shape index (κ3) is 4.07. The van der Waals surface area contributed by atoms with Crippen LogP contribution in [-0.2, 0) is 0 Å². The standard InChI is InChI=1S/C14H22N2/c1-5-15-12(2)6-7-13-8-10-14(11-9-13)16(3)4/h6-12,15H,5H2,1-4H3/b7-6+. The van der Waals surface area contributed by atoms with Crippen LogP contribution in [0.25, 0.3) is 6.08 Å². The largest absolute Gasteiger partial charge is 0.378 e. The van der Waals surface area contributed by atoms with Crippen molar-refractivity contribution in [2.75, 3.05) is 25.5 Å². The lowest BCUT2D eigenvalue weighted by atomic mass is 10.1. The second-order valence-corrected chi connectivity index (χ2v) is 4.19. The van der Waals surface area contributed by atoms with Gasteiger partial charge in [0, 0.05) is 25.8 Å². The predicted octanol–water partition coefficient (Wildman–Crippen LogP) is 2.76. The molecule has 0 saturated carbocycles. The highest BCUT2D eigenvalue weighted by Crippen LogP contribution is 2.13. The number of hydrogen-bond donors (Lipinski definition) is 1. The van der Waals surface area contributed by atoms with Gasteiger partial charge in [0.2, 0.25) is 0 Å². The molecule has 0 aromatic heterocycles. The quantitative estimate of drug-likeness (QED) is 0.817. The zero-order valence-corrected chi connectivity index (χ0v) is 10.7. The van der Waals surface area contributed by atoms with Gasteiger partial charge in [-0.3, -0.25) is 0 Å². The molecule has 0 spiro atoms. The monoisotopic (exact) mass is 218 g/mol. The Morgan fingerprint density at radius 3 is 2.38 bits per heavy atom. The van der Waals surface area contributed by atoms with Crippen LogP contribution in [0.15, 0.2) is 30.3 Å². The molecule has 0 aliphatic carbocycles. The first-order valence-corrected chi connectivity index (χ1v) is 5.82. The summed E-state index contributed by atoms with van der Waals surface area (Å²) in [6, 6.07) is 8.99. The van der Waals surface area contributed by atoms with Gasteiger partial charge in [0.05, 0.1) is 0 Å². The van der Waals surface area contributed by atoms with Gasteiger partial charge in [-0.2, -0.15) is 0 Å². The van der Waals surface area contributed by atoms with Gasteiger partial charge in [0.25, 0.3) is 0 Å². The topological polar surface area (TPSA) is 15.3 Å². The molecule has 16 heavy (non-hydrogen) atoms. The zero-order chi connectivity index (χ0) is 12.0. The van der Waals surface area contributed by atoms with Crippen molar-refractivity contribution in [2.45, 2.75) is 19.9 Å². The maximum atomic E-state index is 3.35. The number of hydrogen-bond acceptors (Lipinski definition) is 2. The number of nitrogens with one attached hydrogen (secondary N) is 1. The lowest BCUT2D eigenvalue weighted by molar-refractivity contribution is 0.663. The van der Waals surface area contributed by atoms with Crippen molar-refractivity contribution in [3.05, 3.63) is 35.9 Å². The number of likely N-dealkylation sites (N-methyl/N-ethyl adjacent to an activating group) is 1. The molecular weight excluding hydrogens is 196 g/mol. The third-order valence-electron chi connectivity index (χ3n) is 2.51. The second kappa shape index (κ2) is 6.33. The van der Waals surface area contributed by atoms with Crippen molar-refractivity contribution in [1.82, 2.24) is 5.32 Å². The molecule has 0 heterocycles. The van der Waals surface area contributed by atoms with E-state index < -0.39 is 0 Å². The average molecular weight is 218 g/mol. The van der Waals surface area contributed by atoms with E-state index in [9.17, 15) is 0 Å². The molecule has 0 radical (unpaired) electrons. The Bertz CT molecular complexity index is 325. The highest BCUT2D eigenvalue weighted by molar-refractivity contribution is 5.55. The molecule has 2 nitrogen and oxygen atoms in total. The maximum absolute atomic E-state index is 3.35. The summed E-state index contributed by atoms with van der Waals surface area (Å²) in [6.07, 6.45) is 4.35. The SMILES string of the molecule is CCNC(C)/C=C/c1ccc(N(C)C)cc1. The fourth-order valence-electron chi connectivity index (χ4n) is 1.53. The third-order valence-corrected chi connectivity index (χ3v) is 2.51. The van der Waals surface area contributed by atoms with Crippen LogP contribution in [0.4, 0.5) is 5.69 Å². The summed E-state index contributed by atoms with van der Waals surface area (Å²) in [5.74, 6) is 0. The first-order valence-electron chi connectivity index (χ1n) is 5.82. The van der Waals surface area contributed by atoms with Crippen molar-refractivity contribution >= 4 is 11.8 Å². The molecule has 0 fully saturated rings. The predicted molar refractivity (Wildman–Crippen MR) is 72.9 cm³/mol. The molecule has 1 rings (SSSR count). The maximum Gasteiger partial charge on any atom is 0.0361 e. The van der Waals surface area contributed by atoms with Crippen molar-refractivity contribution in [2.24, 2.45) is 0 Å². The van der Waals surface area contributed by atoms with Crippen LogP contribution in [0, 0.1) is 0 Å². The Labute approximate surface area is 99.0 Å². The molecule has 88 valence electrons. The highest BCUT2D eigenvalue weighted by Gasteiger charge is 1.95. The summed E-state index contributed by atoms with van der Waals surface area (Å²) < 4.78 is 0. The molecule has 0 aliphatic rings. The molecule has 0 aliphatic heterocycles. The Morgan fingerprint density at radius 2 is 1.88 bits per heavy atom. The van der Waals surface area contributed by atoms with Crippen molar-refractivity contribution in [3.8, 4) is 0 Å². The van der Waals surface area contributed by atoms with Gasteiger partial charge < -0.3 is 10.2 Å². The number of nitrogens with zero attached hydrogens (tertiary/aromatic N) is 1. The first-order chi connectivity index (χ1) is 7.63. The van der Waals surface area contributed by atoms with Crippen molar-refractivity contribution in [3.63, 3.8) is 0 Å². The lowest BCUT2D eigenvalue weighted by Gasteiger charge is -2.12. The number of rotatable bonds is 5. The fourth-order valence-corrected chi connectivity index (χ4v) is 1.53. The summed E-state index contributed by atoms with van der Waals surface area (Å²) in [7, 11) is 4.11. The minimum atomic E-state index is 0.429. The molecule has 1 aromatic carbocycles. The van der Waals surface area contributed by atoms with E-state index in [0.29, 0.717) is 6.04 Å². The summed E-state index contributed by atoms with van der Waals surface area (Å²) in [5.41, 5.74) is 2.48. The minimum Gasteiger partial charge on any atom is -0.378 e. The van der Waals surface area contributed by atoms with E-state index in [0.717, 1.165) is 6.54 Å². The summed E-state index contributed by atoms with van der Waals surface area (Å²) >= 11 is 0. The lowest BCUT2D eigenvalue weighted by Crippen LogP contribution is -2.22. The van der Waals surface area contributed by atoms with E-state index in [-0.39, 0.29) is 0 Å². The van der Waals surface area contributed by atoms with Crippen LogP contribution in [0.5, 0.6) is 0 Å². The van der Waals surface area contributed by atoms with Crippen molar-refractivity contribution < 1.29 is 0 Å². The van der Waals surface area contributed by atoms with Crippen LogP contribution in [0.2, 0.25) is 0 Å². The highest BCUT2D eigenvalue weighted by atomic mass is 15.1. The molecule has 0 amide bonds. The fraction of sp³-hybridized carbons (Fsp3) is 0.429. The van der Waals surface area contributed by atoms with E-state index in [1.807, 2.05) is 0 Å². The second-order valence-electron chi connectivity index (χ2n) is 4.19. The van der Waals surface area contributed by atoms with Gasteiger partial charge >= 0.3 is 0 Å². The van der Waals surface area contributed by atoms with E-state index >= 15 is 0 Å². The summed E-state index contributed by atoms with van der Waals surface area (Å²) in [6.45, 7) is 5.29. The van der Waals surface area contributed by atoms with Gasteiger partial charge in [0.1, 0.15) is 0 Å². The molecule has 2 heteroatoms. The van der Waals surface area contributed by atoms with Gasteiger partial charge in [-0.1, -0.05) is 31.2 Å². The molecule has 1 atom stereocenters. The van der Waals surface area contributed by atoms with Gasteiger partial charge in [0.15, 0.2) is 0 Å². The van der Waals surface area contributed by atoms with E-state index in [4.69, 9.17) is 0 Å². The van der Waals surface area contributed by atoms with E-state index in [1.54, 1.807) is 0 Å². The van der Waals surface area contributed by atoms with Gasteiger partial charge in [-0.25, -0.2) is 0 Å². The van der Waals surface area contributed by atoms with Gasteiger partial charge in [-0.05, 0) is 31.2 Å². The van der Waals surface area contributed by atoms with Crippen LogP contribution >= 0.6 is 0 Å². The molecule has 1 N–H and O–H groups in total. The molecule has 1 unspecified atom stereocenters. The van der Waals surface area contributed by atoms with Crippen LogP contribution in [0.1, 0.15) is 19.4 Å². The molecule has 1 aromatic rings. The Morgan fingerprint density at radius 1 is 1.25 bits per heavy atom. The molecular formula is C14H22N2. The minimum absolute atomic E-state index is 0.429. The summed E-state index contributed by atoms with van der Waals surface area (Å²) in [4.78, 5) is 2.11. The Hall–Kier alpha value is -1.28. The molecule has 0 bridgehead atoms.